The van der Waals surface area contributed by atoms with Crippen LogP contribution < -0.4 is 20.7 Å². The summed E-state index contributed by atoms with van der Waals surface area (Å²) in [4.78, 5) is 28.1. The van der Waals surface area contributed by atoms with E-state index in [2.05, 4.69) is 27.8 Å². The van der Waals surface area contributed by atoms with Crippen LogP contribution in [0.25, 0.3) is 10.1 Å². The maximum absolute atomic E-state index is 14.6. The predicted molar refractivity (Wildman–Crippen MR) is 170 cm³/mol. The van der Waals surface area contributed by atoms with Crippen LogP contribution in [0.2, 0.25) is 0 Å². The van der Waals surface area contributed by atoms with Crippen LogP contribution in [0, 0.1) is 17.7 Å². The van der Waals surface area contributed by atoms with Crippen LogP contribution >= 0.6 is 11.3 Å². The number of fused-ring (bicyclic) bond motifs is 1. The molecular formula is C32H34F7N5O3S. The van der Waals surface area contributed by atoms with E-state index >= 15 is 0 Å². The van der Waals surface area contributed by atoms with E-state index in [4.69, 9.17) is 4.74 Å². The quantitative estimate of drug-likeness (QED) is 0.181. The highest BCUT2D eigenvalue weighted by Gasteiger charge is 2.32. The van der Waals surface area contributed by atoms with Crippen LogP contribution in [0.4, 0.5) is 42.1 Å². The molecule has 3 aromatic rings. The summed E-state index contributed by atoms with van der Waals surface area (Å²) >= 11 is 1.07. The third-order valence-corrected chi connectivity index (χ3v) is 8.55. The van der Waals surface area contributed by atoms with Gasteiger partial charge < -0.3 is 30.5 Å². The van der Waals surface area contributed by atoms with Gasteiger partial charge in [0.2, 0.25) is 5.91 Å². The van der Waals surface area contributed by atoms with E-state index in [1.165, 1.54) is 7.05 Å². The molecule has 2 aromatic carbocycles. The number of likely N-dealkylation sites (N-methyl/N-ethyl adjacent to an activating group) is 1. The third kappa shape index (κ3) is 9.89. The molecule has 2 amide bonds. The van der Waals surface area contributed by atoms with Gasteiger partial charge in [0, 0.05) is 32.2 Å². The molecule has 1 aromatic heterocycles. The van der Waals surface area contributed by atoms with Crippen molar-refractivity contribution in [3.8, 4) is 17.6 Å². The minimum absolute atomic E-state index is 0.00477. The van der Waals surface area contributed by atoms with Gasteiger partial charge in [-0.1, -0.05) is 24.0 Å². The van der Waals surface area contributed by atoms with Gasteiger partial charge in [-0.3, -0.25) is 9.59 Å². The van der Waals surface area contributed by atoms with E-state index < -0.39 is 48.4 Å². The Morgan fingerprint density at radius 3 is 2.40 bits per heavy atom. The molecule has 0 spiro atoms. The van der Waals surface area contributed by atoms with Gasteiger partial charge in [-0.2, -0.15) is 26.3 Å². The molecule has 1 fully saturated rings. The minimum Gasteiger partial charge on any atom is -0.482 e. The molecule has 0 atom stereocenters. The number of amides is 2. The summed E-state index contributed by atoms with van der Waals surface area (Å²) in [6.07, 6.45) is -9.17. The van der Waals surface area contributed by atoms with Crippen molar-refractivity contribution in [3.63, 3.8) is 0 Å². The maximum atomic E-state index is 14.6. The number of nitrogens with one attached hydrogen (secondary N) is 3. The fourth-order valence-electron chi connectivity index (χ4n) is 5.17. The van der Waals surface area contributed by atoms with Gasteiger partial charge in [0.25, 0.3) is 5.91 Å². The third-order valence-electron chi connectivity index (χ3n) is 7.36. The van der Waals surface area contributed by atoms with Crippen molar-refractivity contribution in [3.05, 3.63) is 52.2 Å². The second-order valence-corrected chi connectivity index (χ2v) is 12.4. The molecule has 0 bridgehead atoms. The number of rotatable bonds is 10. The smallest absolute Gasteiger partial charge is 0.422 e. The van der Waals surface area contributed by atoms with Crippen molar-refractivity contribution in [1.82, 2.24) is 15.1 Å². The lowest BCUT2D eigenvalue weighted by Crippen LogP contribution is -2.45. The Kier molecular flexibility index (Phi) is 11.7. The van der Waals surface area contributed by atoms with E-state index in [9.17, 15) is 40.3 Å². The number of hydrogen-bond acceptors (Lipinski definition) is 7. The highest BCUT2D eigenvalue weighted by molar-refractivity contribution is 7.20. The molecule has 2 heterocycles. The molecule has 0 radical (unpaired) electrons. The molecule has 48 heavy (non-hydrogen) atoms. The number of benzene rings is 2. The number of alkyl halides is 6. The largest absolute Gasteiger partial charge is 0.482 e. The van der Waals surface area contributed by atoms with E-state index in [0.29, 0.717) is 48.2 Å². The molecule has 0 saturated carbocycles. The van der Waals surface area contributed by atoms with E-state index in [1.54, 1.807) is 28.0 Å². The summed E-state index contributed by atoms with van der Waals surface area (Å²) in [5.74, 6) is 3.07. The van der Waals surface area contributed by atoms with Gasteiger partial charge in [-0.05, 0) is 50.0 Å². The Hall–Kier alpha value is -4.23. The molecule has 3 N–H and O–H groups in total. The van der Waals surface area contributed by atoms with E-state index in [1.807, 2.05) is 14.1 Å². The van der Waals surface area contributed by atoms with Gasteiger partial charge in [0.15, 0.2) is 6.61 Å². The van der Waals surface area contributed by atoms with Crippen molar-refractivity contribution >= 4 is 44.6 Å². The average Bonchev–Trinajstić information content (AvgIpc) is 3.34. The number of nitrogens with zero attached hydrogens (tertiary/aromatic N) is 2. The van der Waals surface area contributed by atoms with Crippen molar-refractivity contribution in [1.29, 1.82) is 0 Å². The van der Waals surface area contributed by atoms with Crippen LogP contribution in [0.1, 0.15) is 33.6 Å². The number of halogens is 7. The van der Waals surface area contributed by atoms with Crippen LogP contribution in [0.15, 0.2) is 30.3 Å². The number of ether oxygens (including phenoxy) is 1. The Balaban J connectivity index is 1.56. The Morgan fingerprint density at radius 2 is 1.77 bits per heavy atom. The number of carbonyl (C=O) groups is 2. The summed E-state index contributed by atoms with van der Waals surface area (Å²) in [7, 11) is 4.86. The second kappa shape index (κ2) is 15.3. The Bertz CT molecular complexity index is 1690. The molecule has 8 nitrogen and oxygen atoms in total. The van der Waals surface area contributed by atoms with Crippen LogP contribution in [-0.2, 0) is 11.2 Å². The molecule has 1 saturated heterocycles. The first kappa shape index (κ1) is 36.6. The molecule has 0 aliphatic carbocycles. The normalized spacial score (nSPS) is 14.1. The molecule has 1 aliphatic rings. The standard InChI is InChI=1S/C32H34F7N5O3S/c1-40-30(46)21-14-26(47-18-32(37,38)39)25(15-23(21)33)41-11-5-8-27-22(16-31(34,35)36)20-6-4-7-24(29(20)48-27)42-19-9-12-44(13-10-19)28(45)17-43(2)3/h4,6-7,14-15,19,41-42H,9-13,16-18H2,1-3H3,(H,40,46). The van der Waals surface area contributed by atoms with Gasteiger partial charge in [0.05, 0.1) is 46.0 Å². The van der Waals surface area contributed by atoms with Crippen LogP contribution in [0.5, 0.6) is 5.75 Å². The first-order valence-corrected chi connectivity index (χ1v) is 15.6. The SMILES string of the molecule is CNC(=O)c1cc(OCC(F)(F)F)c(NCC#Cc2sc3c(NC4CCN(C(=O)CN(C)C)CC4)cccc3c2CC(F)(F)F)cc1F. The zero-order chi connectivity index (χ0) is 35.2. The maximum Gasteiger partial charge on any atom is 0.422 e. The molecule has 16 heteroatoms. The lowest BCUT2D eigenvalue weighted by atomic mass is 10.0. The summed E-state index contributed by atoms with van der Waals surface area (Å²) < 4.78 is 99.5. The lowest BCUT2D eigenvalue weighted by Gasteiger charge is -2.33. The molecule has 1 aliphatic heterocycles. The summed E-state index contributed by atoms with van der Waals surface area (Å²) in [5.41, 5.74) is -0.145. The number of likely N-dealkylation sites (tertiary alicyclic amines) is 1. The Morgan fingerprint density at radius 1 is 1.06 bits per heavy atom. The van der Waals surface area contributed by atoms with Crippen molar-refractivity contribution in [2.75, 3.05) is 64.6 Å². The molecule has 4 rings (SSSR count). The highest BCUT2D eigenvalue weighted by atomic mass is 32.1. The number of thiophene rings is 1. The average molecular weight is 702 g/mol. The van der Waals surface area contributed by atoms with E-state index in [-0.39, 0.29) is 34.6 Å². The van der Waals surface area contributed by atoms with Gasteiger partial charge in [0.1, 0.15) is 11.6 Å². The monoisotopic (exact) mass is 701 g/mol. The summed E-state index contributed by atoms with van der Waals surface area (Å²) in [6.45, 7) is -0.595. The van der Waals surface area contributed by atoms with Crippen molar-refractivity contribution < 1.29 is 45.1 Å². The zero-order valence-corrected chi connectivity index (χ0v) is 27.1. The Labute approximate surface area is 276 Å². The number of hydrogen-bond donors (Lipinski definition) is 3. The van der Waals surface area contributed by atoms with Crippen LogP contribution in [-0.4, -0.2) is 93.9 Å². The number of piperidine rings is 1. The fourth-order valence-corrected chi connectivity index (χ4v) is 6.34. The highest BCUT2D eigenvalue weighted by Crippen LogP contribution is 2.39. The first-order chi connectivity index (χ1) is 22.5. The zero-order valence-electron chi connectivity index (χ0n) is 26.3. The van der Waals surface area contributed by atoms with Crippen molar-refractivity contribution in [2.24, 2.45) is 0 Å². The van der Waals surface area contributed by atoms with Crippen molar-refractivity contribution in [2.45, 2.75) is 37.7 Å². The van der Waals surface area contributed by atoms with Gasteiger partial charge in [-0.25, -0.2) is 4.39 Å². The number of anilines is 2. The summed E-state index contributed by atoms with van der Waals surface area (Å²) in [5, 5.41) is 8.63. The lowest BCUT2D eigenvalue weighted by molar-refractivity contribution is -0.153. The molecule has 260 valence electrons. The van der Waals surface area contributed by atoms with Crippen LogP contribution in [0.3, 0.4) is 0 Å². The predicted octanol–water partition coefficient (Wildman–Crippen LogP) is 5.87. The fraction of sp³-hybridized carbons (Fsp3) is 0.438. The molecular weight excluding hydrogens is 667 g/mol. The second-order valence-electron chi connectivity index (χ2n) is 11.4. The number of carbonyl (C=O) groups excluding carboxylic acids is 2. The van der Waals surface area contributed by atoms with Gasteiger partial charge in [-0.15, -0.1) is 11.3 Å². The van der Waals surface area contributed by atoms with Gasteiger partial charge >= 0.3 is 12.4 Å². The van der Waals surface area contributed by atoms with E-state index in [0.717, 1.165) is 23.5 Å². The minimum atomic E-state index is -4.72. The topological polar surface area (TPSA) is 85.9 Å². The molecule has 0 unspecified atom stereocenters. The first-order valence-electron chi connectivity index (χ1n) is 14.8. The summed E-state index contributed by atoms with van der Waals surface area (Å²) in [6, 6.07) is 6.62.